The van der Waals surface area contributed by atoms with Crippen LogP contribution in [0.2, 0.25) is 0 Å². The van der Waals surface area contributed by atoms with Crippen LogP contribution in [0, 0.1) is 6.92 Å². The summed E-state index contributed by atoms with van der Waals surface area (Å²) in [6.45, 7) is 4.84. The van der Waals surface area contributed by atoms with E-state index in [1.165, 1.54) is 11.1 Å². The maximum atomic E-state index is 5.03. The Hall–Kier alpha value is -1.84. The molecule has 0 spiro atoms. The van der Waals surface area contributed by atoms with Gasteiger partial charge in [0.15, 0.2) is 5.82 Å². The Morgan fingerprint density at radius 2 is 2.00 bits per heavy atom. The van der Waals surface area contributed by atoms with Crippen LogP contribution in [0.3, 0.4) is 0 Å². The van der Waals surface area contributed by atoms with Crippen molar-refractivity contribution in [1.82, 2.24) is 10.1 Å². The van der Waals surface area contributed by atoms with Gasteiger partial charge in [-0.2, -0.15) is 4.98 Å². The molecule has 84 valence electrons. The molecular formula is C12H15N3O. The molecule has 2 aromatic rings. The fourth-order valence-corrected chi connectivity index (χ4v) is 1.44. The molecule has 0 amide bonds. The third-order valence-corrected chi connectivity index (χ3v) is 2.28. The molecule has 0 fully saturated rings. The average molecular weight is 217 g/mol. The second-order valence-corrected chi connectivity index (χ2v) is 3.71. The normalized spacial score (nSPS) is 10.4. The van der Waals surface area contributed by atoms with Crippen molar-refractivity contribution < 1.29 is 4.52 Å². The van der Waals surface area contributed by atoms with E-state index in [1.54, 1.807) is 0 Å². The zero-order chi connectivity index (χ0) is 11.4. The third-order valence-electron chi connectivity index (χ3n) is 2.28. The first-order chi connectivity index (χ1) is 7.78. The Morgan fingerprint density at radius 3 is 2.69 bits per heavy atom. The molecule has 1 N–H and O–H groups in total. The molecule has 0 unspecified atom stereocenters. The van der Waals surface area contributed by atoms with Gasteiger partial charge >= 0.3 is 6.01 Å². The predicted molar refractivity (Wildman–Crippen MR) is 62.4 cm³/mol. The summed E-state index contributed by atoms with van der Waals surface area (Å²) in [6.07, 6.45) is 0.704. The SMILES string of the molecule is CCNc1nc(Cc2ccc(C)cc2)no1. The van der Waals surface area contributed by atoms with Crippen molar-refractivity contribution in [1.29, 1.82) is 0 Å². The Morgan fingerprint density at radius 1 is 1.25 bits per heavy atom. The maximum Gasteiger partial charge on any atom is 0.321 e. The number of anilines is 1. The van der Waals surface area contributed by atoms with Gasteiger partial charge in [-0.05, 0) is 19.4 Å². The third kappa shape index (κ3) is 2.59. The van der Waals surface area contributed by atoms with E-state index in [9.17, 15) is 0 Å². The second-order valence-electron chi connectivity index (χ2n) is 3.71. The van der Waals surface area contributed by atoms with Gasteiger partial charge in [0.25, 0.3) is 0 Å². The van der Waals surface area contributed by atoms with Crippen LogP contribution < -0.4 is 5.32 Å². The molecule has 0 aliphatic rings. The highest BCUT2D eigenvalue weighted by atomic mass is 16.5. The fraction of sp³-hybridized carbons (Fsp3) is 0.333. The molecule has 0 bridgehead atoms. The lowest BCUT2D eigenvalue weighted by atomic mass is 10.1. The Balaban J connectivity index is 2.05. The van der Waals surface area contributed by atoms with Gasteiger partial charge < -0.3 is 9.84 Å². The van der Waals surface area contributed by atoms with Crippen molar-refractivity contribution in [2.24, 2.45) is 0 Å². The topological polar surface area (TPSA) is 51.0 Å². The van der Waals surface area contributed by atoms with Crippen LogP contribution in [0.1, 0.15) is 23.9 Å². The predicted octanol–water partition coefficient (Wildman–Crippen LogP) is 2.40. The monoisotopic (exact) mass is 217 g/mol. The van der Waals surface area contributed by atoms with Gasteiger partial charge in [-0.15, -0.1) is 0 Å². The first-order valence-corrected chi connectivity index (χ1v) is 5.40. The minimum absolute atomic E-state index is 0.490. The van der Waals surface area contributed by atoms with E-state index in [1.807, 2.05) is 6.92 Å². The van der Waals surface area contributed by atoms with Crippen LogP contribution in [0.15, 0.2) is 28.8 Å². The summed E-state index contributed by atoms with van der Waals surface area (Å²) in [4.78, 5) is 4.23. The summed E-state index contributed by atoms with van der Waals surface area (Å²) in [5.41, 5.74) is 2.44. The number of hydrogen-bond acceptors (Lipinski definition) is 4. The molecule has 0 atom stereocenters. The number of aryl methyl sites for hydroxylation is 1. The van der Waals surface area contributed by atoms with Crippen molar-refractivity contribution in [2.45, 2.75) is 20.3 Å². The maximum absolute atomic E-state index is 5.03. The van der Waals surface area contributed by atoms with Crippen molar-refractivity contribution in [3.05, 3.63) is 41.2 Å². The number of rotatable bonds is 4. The number of hydrogen-bond donors (Lipinski definition) is 1. The lowest BCUT2D eigenvalue weighted by molar-refractivity contribution is 0.424. The van der Waals surface area contributed by atoms with Gasteiger partial charge in [0.05, 0.1) is 0 Å². The first-order valence-electron chi connectivity index (χ1n) is 5.40. The Kier molecular flexibility index (Phi) is 3.19. The Labute approximate surface area is 94.7 Å². The van der Waals surface area contributed by atoms with E-state index in [0.717, 1.165) is 6.54 Å². The standard InChI is InChI=1S/C12H15N3O/c1-3-13-12-14-11(15-16-12)8-10-6-4-9(2)5-7-10/h4-7H,3,8H2,1-2H3,(H,13,14,15). The summed E-state index contributed by atoms with van der Waals surface area (Å²) in [7, 11) is 0. The zero-order valence-electron chi connectivity index (χ0n) is 9.53. The van der Waals surface area contributed by atoms with Crippen LogP contribution in [-0.2, 0) is 6.42 Å². The largest absolute Gasteiger partial charge is 0.338 e. The minimum Gasteiger partial charge on any atom is -0.338 e. The summed E-state index contributed by atoms with van der Waals surface area (Å²) in [6, 6.07) is 8.82. The summed E-state index contributed by atoms with van der Waals surface area (Å²) < 4.78 is 5.03. The molecule has 1 aromatic heterocycles. The smallest absolute Gasteiger partial charge is 0.321 e. The molecule has 0 aliphatic heterocycles. The molecule has 4 heteroatoms. The van der Waals surface area contributed by atoms with Crippen molar-refractivity contribution in [3.63, 3.8) is 0 Å². The van der Waals surface area contributed by atoms with Crippen LogP contribution in [-0.4, -0.2) is 16.7 Å². The van der Waals surface area contributed by atoms with Crippen LogP contribution in [0.25, 0.3) is 0 Å². The summed E-state index contributed by atoms with van der Waals surface area (Å²) in [5.74, 6) is 0.708. The molecule has 0 saturated carbocycles. The number of nitrogens with zero attached hydrogens (tertiary/aromatic N) is 2. The van der Waals surface area contributed by atoms with Crippen molar-refractivity contribution in [3.8, 4) is 0 Å². The molecule has 0 saturated heterocycles. The highest BCUT2D eigenvalue weighted by Crippen LogP contribution is 2.10. The molecule has 16 heavy (non-hydrogen) atoms. The second kappa shape index (κ2) is 4.79. The molecule has 1 heterocycles. The van der Waals surface area contributed by atoms with Gasteiger partial charge in [0.1, 0.15) is 0 Å². The van der Waals surface area contributed by atoms with E-state index < -0.39 is 0 Å². The Bertz CT molecular complexity index is 448. The number of benzene rings is 1. The highest BCUT2D eigenvalue weighted by molar-refractivity contribution is 5.25. The van der Waals surface area contributed by atoms with Crippen molar-refractivity contribution >= 4 is 6.01 Å². The van der Waals surface area contributed by atoms with Crippen LogP contribution >= 0.6 is 0 Å². The molecular weight excluding hydrogens is 202 g/mol. The lowest BCUT2D eigenvalue weighted by Crippen LogP contribution is -1.97. The number of nitrogens with one attached hydrogen (secondary N) is 1. The van der Waals surface area contributed by atoms with E-state index in [-0.39, 0.29) is 0 Å². The highest BCUT2D eigenvalue weighted by Gasteiger charge is 2.05. The van der Waals surface area contributed by atoms with Gasteiger partial charge in [-0.25, -0.2) is 0 Å². The molecule has 0 aliphatic carbocycles. The first kappa shape index (κ1) is 10.7. The quantitative estimate of drug-likeness (QED) is 0.854. The lowest BCUT2D eigenvalue weighted by Gasteiger charge is -1.97. The van der Waals surface area contributed by atoms with Crippen LogP contribution in [0.4, 0.5) is 6.01 Å². The molecule has 2 rings (SSSR count). The number of aromatic nitrogens is 2. The van der Waals surface area contributed by atoms with Gasteiger partial charge in [-0.1, -0.05) is 35.0 Å². The summed E-state index contributed by atoms with van der Waals surface area (Å²) in [5, 5.41) is 6.89. The van der Waals surface area contributed by atoms with Gasteiger partial charge in [-0.3, -0.25) is 0 Å². The van der Waals surface area contributed by atoms with E-state index in [2.05, 4.69) is 46.6 Å². The van der Waals surface area contributed by atoms with Gasteiger partial charge in [0.2, 0.25) is 0 Å². The van der Waals surface area contributed by atoms with E-state index in [4.69, 9.17) is 4.52 Å². The minimum atomic E-state index is 0.490. The van der Waals surface area contributed by atoms with Crippen LogP contribution in [0.5, 0.6) is 0 Å². The van der Waals surface area contributed by atoms with Gasteiger partial charge in [0, 0.05) is 13.0 Å². The summed E-state index contributed by atoms with van der Waals surface area (Å²) >= 11 is 0. The molecule has 0 radical (unpaired) electrons. The van der Waals surface area contributed by atoms with E-state index in [0.29, 0.717) is 18.3 Å². The average Bonchev–Trinajstić information content (AvgIpc) is 2.70. The molecule has 1 aromatic carbocycles. The van der Waals surface area contributed by atoms with E-state index >= 15 is 0 Å². The fourth-order valence-electron chi connectivity index (χ4n) is 1.44. The molecule has 4 nitrogen and oxygen atoms in total. The van der Waals surface area contributed by atoms with Crippen molar-refractivity contribution in [2.75, 3.05) is 11.9 Å². The zero-order valence-corrected chi connectivity index (χ0v) is 9.53.